The Hall–Kier alpha value is -2.20. The van der Waals surface area contributed by atoms with Crippen molar-refractivity contribution in [3.05, 3.63) is 53.1 Å². The molecule has 0 aliphatic rings. The molecule has 0 bridgehead atoms. The molecule has 0 aliphatic carbocycles. The fraction of sp³-hybridized carbons (Fsp3) is 0.133. The van der Waals surface area contributed by atoms with E-state index in [2.05, 4.69) is 15.0 Å². The Bertz CT molecular complexity index is 789. The van der Waals surface area contributed by atoms with Gasteiger partial charge in [-0.1, -0.05) is 17.7 Å². The van der Waals surface area contributed by atoms with Crippen LogP contribution in [0.1, 0.15) is 11.4 Å². The molecule has 5 heteroatoms. The van der Waals surface area contributed by atoms with Crippen LogP contribution in [0.4, 0.5) is 0 Å². The van der Waals surface area contributed by atoms with Crippen LogP contribution in [0.5, 0.6) is 11.6 Å². The van der Waals surface area contributed by atoms with E-state index in [1.807, 2.05) is 37.3 Å². The van der Waals surface area contributed by atoms with Gasteiger partial charge in [-0.25, -0.2) is 4.98 Å². The topological polar surface area (TPSA) is 47.9 Å². The second-order valence-electron chi connectivity index (χ2n) is 4.45. The van der Waals surface area contributed by atoms with Gasteiger partial charge < -0.3 is 4.74 Å². The molecule has 0 saturated carbocycles. The molecule has 0 aliphatic heterocycles. The van der Waals surface area contributed by atoms with E-state index in [1.54, 1.807) is 13.1 Å². The monoisotopic (exact) mass is 285 g/mol. The number of pyridine rings is 1. The highest BCUT2D eigenvalue weighted by Gasteiger charge is 2.10. The van der Waals surface area contributed by atoms with Crippen molar-refractivity contribution in [2.45, 2.75) is 13.8 Å². The van der Waals surface area contributed by atoms with Crippen molar-refractivity contribution >= 4 is 22.5 Å². The lowest BCUT2D eigenvalue weighted by atomic mass is 10.2. The van der Waals surface area contributed by atoms with E-state index in [9.17, 15) is 0 Å². The molecule has 3 aromatic rings. The van der Waals surface area contributed by atoms with Crippen molar-refractivity contribution in [2.24, 2.45) is 0 Å². The number of hydrogen-bond donors (Lipinski definition) is 0. The number of fused-ring (bicyclic) bond motifs is 1. The first-order valence-corrected chi connectivity index (χ1v) is 6.54. The summed E-state index contributed by atoms with van der Waals surface area (Å²) in [5, 5.41) is 1.47. The molecule has 0 spiro atoms. The third kappa shape index (κ3) is 2.42. The fourth-order valence-electron chi connectivity index (χ4n) is 1.89. The number of hydrogen-bond acceptors (Lipinski definition) is 4. The summed E-state index contributed by atoms with van der Waals surface area (Å²) in [6.45, 7) is 3.61. The number of aryl methyl sites for hydroxylation is 1. The maximum atomic E-state index is 6.04. The SMILES string of the molecule is Cc1nc(Cl)c(C)c(Oc2ccc3cccnc3c2)n1. The summed E-state index contributed by atoms with van der Waals surface area (Å²) in [7, 11) is 0. The van der Waals surface area contributed by atoms with Gasteiger partial charge in [0.05, 0.1) is 5.52 Å². The van der Waals surface area contributed by atoms with Crippen LogP contribution in [0.25, 0.3) is 10.9 Å². The van der Waals surface area contributed by atoms with Crippen LogP contribution in [0.15, 0.2) is 36.5 Å². The number of halogens is 1. The van der Waals surface area contributed by atoms with Crippen molar-refractivity contribution in [2.75, 3.05) is 0 Å². The second-order valence-corrected chi connectivity index (χ2v) is 4.81. The standard InChI is InChI=1S/C15H12ClN3O/c1-9-14(16)18-10(2)19-15(9)20-12-6-5-11-4-3-7-17-13(11)8-12/h3-8H,1-2H3. The van der Waals surface area contributed by atoms with E-state index in [0.29, 0.717) is 22.6 Å². The Morgan fingerprint density at radius 1 is 1.10 bits per heavy atom. The molecule has 4 nitrogen and oxygen atoms in total. The van der Waals surface area contributed by atoms with Crippen LogP contribution in [0, 0.1) is 13.8 Å². The molecule has 0 N–H and O–H groups in total. The lowest BCUT2D eigenvalue weighted by molar-refractivity contribution is 0.456. The Balaban J connectivity index is 2.01. The molecular formula is C15H12ClN3O. The van der Waals surface area contributed by atoms with Crippen molar-refractivity contribution in [1.29, 1.82) is 0 Å². The first kappa shape index (κ1) is 12.8. The third-order valence-electron chi connectivity index (χ3n) is 2.95. The zero-order chi connectivity index (χ0) is 14.1. The minimum Gasteiger partial charge on any atom is -0.438 e. The second kappa shape index (κ2) is 5.06. The van der Waals surface area contributed by atoms with Gasteiger partial charge in [0.2, 0.25) is 5.88 Å². The van der Waals surface area contributed by atoms with Crippen LogP contribution in [0.3, 0.4) is 0 Å². The van der Waals surface area contributed by atoms with Crippen LogP contribution >= 0.6 is 11.6 Å². The Labute approximate surface area is 121 Å². The predicted octanol–water partition coefficient (Wildman–Crippen LogP) is 4.09. The highest BCUT2D eigenvalue weighted by atomic mass is 35.5. The van der Waals surface area contributed by atoms with Gasteiger partial charge in [0.25, 0.3) is 0 Å². The number of ether oxygens (including phenoxy) is 1. The smallest absolute Gasteiger partial charge is 0.226 e. The molecule has 100 valence electrons. The quantitative estimate of drug-likeness (QED) is 0.666. The van der Waals surface area contributed by atoms with E-state index in [0.717, 1.165) is 16.5 Å². The van der Waals surface area contributed by atoms with Gasteiger partial charge in [-0.2, -0.15) is 4.98 Å². The van der Waals surface area contributed by atoms with Crippen molar-refractivity contribution < 1.29 is 4.74 Å². The molecule has 0 unspecified atom stereocenters. The maximum absolute atomic E-state index is 6.04. The normalized spacial score (nSPS) is 10.8. The molecule has 0 fully saturated rings. The number of aromatic nitrogens is 3. The third-order valence-corrected chi connectivity index (χ3v) is 3.31. The van der Waals surface area contributed by atoms with E-state index in [-0.39, 0.29) is 0 Å². The van der Waals surface area contributed by atoms with Crippen LogP contribution in [-0.2, 0) is 0 Å². The average molecular weight is 286 g/mol. The predicted molar refractivity (Wildman–Crippen MR) is 78.3 cm³/mol. The molecule has 2 heterocycles. The van der Waals surface area contributed by atoms with Gasteiger partial charge in [0, 0.05) is 23.2 Å². The minimum atomic E-state index is 0.409. The molecule has 20 heavy (non-hydrogen) atoms. The highest BCUT2D eigenvalue weighted by molar-refractivity contribution is 6.30. The van der Waals surface area contributed by atoms with E-state index >= 15 is 0 Å². The van der Waals surface area contributed by atoms with Gasteiger partial charge in [-0.05, 0) is 32.0 Å². The van der Waals surface area contributed by atoms with Gasteiger partial charge in [0.15, 0.2) is 0 Å². The summed E-state index contributed by atoms with van der Waals surface area (Å²) in [5.74, 6) is 1.72. The molecule has 0 amide bonds. The average Bonchev–Trinajstić information content (AvgIpc) is 2.44. The van der Waals surface area contributed by atoms with E-state index in [1.165, 1.54) is 0 Å². The molecule has 2 aromatic heterocycles. The maximum Gasteiger partial charge on any atom is 0.226 e. The molecule has 3 rings (SSSR count). The Morgan fingerprint density at radius 3 is 2.80 bits per heavy atom. The van der Waals surface area contributed by atoms with E-state index < -0.39 is 0 Å². The number of nitrogens with zero attached hydrogens (tertiary/aromatic N) is 3. The fourth-order valence-corrected chi connectivity index (χ4v) is 2.09. The van der Waals surface area contributed by atoms with Gasteiger partial charge in [-0.3, -0.25) is 4.98 Å². The summed E-state index contributed by atoms with van der Waals surface area (Å²) in [6.07, 6.45) is 1.75. The summed E-state index contributed by atoms with van der Waals surface area (Å²) in [4.78, 5) is 12.7. The minimum absolute atomic E-state index is 0.409. The van der Waals surface area contributed by atoms with Gasteiger partial charge in [-0.15, -0.1) is 0 Å². The van der Waals surface area contributed by atoms with Crippen molar-refractivity contribution in [3.63, 3.8) is 0 Å². The molecule has 0 saturated heterocycles. The van der Waals surface area contributed by atoms with Crippen LogP contribution in [-0.4, -0.2) is 15.0 Å². The molecule has 0 radical (unpaired) electrons. The summed E-state index contributed by atoms with van der Waals surface area (Å²) in [5.41, 5.74) is 1.60. The summed E-state index contributed by atoms with van der Waals surface area (Å²) >= 11 is 6.04. The van der Waals surface area contributed by atoms with Crippen molar-refractivity contribution in [3.8, 4) is 11.6 Å². The zero-order valence-corrected chi connectivity index (χ0v) is 11.8. The van der Waals surface area contributed by atoms with Gasteiger partial charge in [0.1, 0.15) is 16.7 Å². The number of rotatable bonds is 2. The number of benzene rings is 1. The lowest BCUT2D eigenvalue weighted by Crippen LogP contribution is -1.97. The zero-order valence-electron chi connectivity index (χ0n) is 11.1. The summed E-state index contributed by atoms with van der Waals surface area (Å²) in [6, 6.07) is 9.63. The largest absolute Gasteiger partial charge is 0.438 e. The van der Waals surface area contributed by atoms with Crippen LogP contribution < -0.4 is 4.74 Å². The molecular weight excluding hydrogens is 274 g/mol. The lowest BCUT2D eigenvalue weighted by Gasteiger charge is -2.09. The molecule has 1 aromatic carbocycles. The van der Waals surface area contributed by atoms with Crippen LogP contribution in [0.2, 0.25) is 5.15 Å². The van der Waals surface area contributed by atoms with Crippen molar-refractivity contribution in [1.82, 2.24) is 15.0 Å². The summed E-state index contributed by atoms with van der Waals surface area (Å²) < 4.78 is 5.80. The van der Waals surface area contributed by atoms with Gasteiger partial charge >= 0.3 is 0 Å². The Morgan fingerprint density at radius 2 is 1.95 bits per heavy atom. The molecule has 0 atom stereocenters. The Kier molecular flexibility index (Phi) is 3.24. The van der Waals surface area contributed by atoms with E-state index in [4.69, 9.17) is 16.3 Å². The first-order valence-electron chi connectivity index (χ1n) is 6.17. The highest BCUT2D eigenvalue weighted by Crippen LogP contribution is 2.28. The first-order chi connectivity index (χ1) is 9.63.